The maximum absolute atomic E-state index is 13.0. The van der Waals surface area contributed by atoms with Crippen LogP contribution in [0.5, 0.6) is 0 Å². The summed E-state index contributed by atoms with van der Waals surface area (Å²) in [6.45, 7) is 4.56. The summed E-state index contributed by atoms with van der Waals surface area (Å²) < 4.78 is 22.9. The third-order valence-corrected chi connectivity index (χ3v) is 15.1. The maximum atomic E-state index is 13.0. The van der Waals surface area contributed by atoms with Crippen LogP contribution in [0, 0.1) is 0 Å². The second kappa shape index (κ2) is 76.8. The van der Waals surface area contributed by atoms with Gasteiger partial charge in [0.2, 0.25) is 0 Å². The van der Waals surface area contributed by atoms with Crippen LogP contribution in [0.3, 0.4) is 0 Å². The van der Waals surface area contributed by atoms with E-state index in [1.165, 1.54) is 38.5 Å². The molecule has 9 nitrogen and oxygen atoms in total. The van der Waals surface area contributed by atoms with Gasteiger partial charge in [-0.15, -0.1) is 0 Å². The lowest BCUT2D eigenvalue weighted by Crippen LogP contribution is -2.40. The predicted octanol–water partition coefficient (Wildman–Crippen LogP) is 24.8. The summed E-state index contributed by atoms with van der Waals surface area (Å²) in [5.41, 5.74) is 0. The largest absolute Gasteiger partial charge is 0.477 e. The quantitative estimate of drug-likeness (QED) is 0.0211. The lowest BCUT2D eigenvalue weighted by atomic mass is 10.1. The van der Waals surface area contributed by atoms with Crippen LogP contribution in [0.1, 0.15) is 245 Å². The summed E-state index contributed by atoms with van der Waals surface area (Å²) in [5, 5.41) is 9.76. The molecule has 0 saturated carbocycles. The van der Waals surface area contributed by atoms with Crippen molar-refractivity contribution in [2.24, 2.45) is 0 Å². The van der Waals surface area contributed by atoms with Gasteiger partial charge in [0.05, 0.1) is 34.4 Å². The van der Waals surface area contributed by atoms with Crippen LogP contribution in [0.25, 0.3) is 0 Å². The molecule has 2 unspecified atom stereocenters. The molecule has 0 aromatic heterocycles. The zero-order chi connectivity index (χ0) is 71.8. The molecule has 0 rings (SSSR count). The van der Waals surface area contributed by atoms with Crippen molar-refractivity contribution in [2.45, 2.75) is 257 Å². The number of likely N-dealkylation sites (N-methyl/N-ethyl adjacent to an activating group) is 1. The van der Waals surface area contributed by atoms with Crippen molar-refractivity contribution in [2.75, 3.05) is 47.5 Å². The summed E-state index contributed by atoms with van der Waals surface area (Å²) in [6.07, 6.45) is 121. The van der Waals surface area contributed by atoms with Crippen molar-refractivity contribution >= 4 is 17.9 Å². The van der Waals surface area contributed by atoms with Crippen LogP contribution in [0.15, 0.2) is 243 Å². The number of rotatable bonds is 67. The number of allylic oxidation sites excluding steroid dienone is 40. The highest BCUT2D eigenvalue weighted by Crippen LogP contribution is 2.14. The first-order chi connectivity index (χ1) is 48.6. The van der Waals surface area contributed by atoms with E-state index >= 15 is 0 Å². The van der Waals surface area contributed by atoms with E-state index in [1.54, 1.807) is 0 Å². The summed E-state index contributed by atoms with van der Waals surface area (Å²) >= 11 is 0. The third-order valence-electron chi connectivity index (χ3n) is 15.1. The number of unbranched alkanes of at least 4 members (excludes halogenated alkanes) is 12. The number of esters is 2. The van der Waals surface area contributed by atoms with Gasteiger partial charge in [0, 0.05) is 12.8 Å². The zero-order valence-electron chi connectivity index (χ0n) is 62.8. The minimum absolute atomic E-state index is 0.165. The van der Waals surface area contributed by atoms with Crippen molar-refractivity contribution in [3.63, 3.8) is 0 Å². The van der Waals surface area contributed by atoms with Gasteiger partial charge in [-0.2, -0.15) is 0 Å². The first kappa shape index (κ1) is 92.1. The molecular weight excluding hydrogens is 1220 g/mol. The molecule has 0 spiro atoms. The van der Waals surface area contributed by atoms with E-state index in [0.717, 1.165) is 173 Å². The minimum Gasteiger partial charge on any atom is -0.477 e. The van der Waals surface area contributed by atoms with Crippen molar-refractivity contribution in [1.29, 1.82) is 0 Å². The molecule has 0 fully saturated rings. The molecular formula is C90H138NO8+. The van der Waals surface area contributed by atoms with Crippen LogP contribution < -0.4 is 0 Å². The molecule has 0 bridgehead atoms. The Morgan fingerprint density at radius 1 is 0.303 bits per heavy atom. The number of carbonyl (C=O) groups is 3. The summed E-state index contributed by atoms with van der Waals surface area (Å²) in [6, 6.07) is 0. The summed E-state index contributed by atoms with van der Waals surface area (Å²) in [5.74, 6) is -2.10. The Morgan fingerprint density at radius 2 is 0.545 bits per heavy atom. The lowest BCUT2D eigenvalue weighted by Gasteiger charge is -2.25. The smallest absolute Gasteiger partial charge is 0.361 e. The predicted molar refractivity (Wildman–Crippen MR) is 427 cm³/mol. The lowest BCUT2D eigenvalue weighted by molar-refractivity contribution is -0.870. The SMILES string of the molecule is CC/C=C\C/C=C\C/C=C\C/C=C\C/C=C\C/C=C\C/C=C\C/C=C\C/C=C\C/C=C\C/C=C\C/C=C\CCCCC(=O)OC(COC(=O)CCCCCCCCCCCC/C=C\C/C=C\C/C=C\C/C=C\C/C=C\C/C=C\C/C=C\C/C=C\CC)COC(OCC[N+](C)(C)C)C(=O)O. The van der Waals surface area contributed by atoms with Crippen LogP contribution >= 0.6 is 0 Å². The molecule has 550 valence electrons. The van der Waals surface area contributed by atoms with Gasteiger partial charge in [-0.3, -0.25) is 9.59 Å². The Kier molecular flexibility index (Phi) is 71.5. The first-order valence-corrected chi connectivity index (χ1v) is 38.2. The second-order valence-electron chi connectivity index (χ2n) is 25.5. The average molecular weight is 1360 g/mol. The Labute approximate surface area is 605 Å². The number of carbonyl (C=O) groups excluding carboxylic acids is 2. The molecule has 0 aromatic rings. The second-order valence-corrected chi connectivity index (χ2v) is 25.5. The van der Waals surface area contributed by atoms with Crippen molar-refractivity contribution in [1.82, 2.24) is 0 Å². The topological polar surface area (TPSA) is 108 Å². The van der Waals surface area contributed by atoms with E-state index in [0.29, 0.717) is 17.4 Å². The van der Waals surface area contributed by atoms with Gasteiger partial charge >= 0.3 is 17.9 Å². The molecule has 0 radical (unpaired) electrons. The highest BCUT2D eigenvalue weighted by molar-refractivity contribution is 5.71. The van der Waals surface area contributed by atoms with Crippen LogP contribution in [-0.2, 0) is 33.3 Å². The fourth-order valence-corrected chi connectivity index (χ4v) is 9.36. The zero-order valence-corrected chi connectivity index (χ0v) is 62.8. The number of hydrogen-bond donors (Lipinski definition) is 1. The number of quaternary nitrogens is 1. The van der Waals surface area contributed by atoms with E-state index in [-0.39, 0.29) is 38.6 Å². The molecule has 0 aromatic carbocycles. The molecule has 9 heteroatoms. The summed E-state index contributed by atoms with van der Waals surface area (Å²) in [4.78, 5) is 37.7. The van der Waals surface area contributed by atoms with Crippen molar-refractivity contribution < 1.29 is 42.9 Å². The summed E-state index contributed by atoms with van der Waals surface area (Å²) in [7, 11) is 5.94. The number of carboxylic acid groups (broad SMARTS) is 1. The molecule has 0 aliphatic heterocycles. The van der Waals surface area contributed by atoms with Gasteiger partial charge < -0.3 is 28.5 Å². The Balaban J connectivity index is 4.27. The third kappa shape index (κ3) is 78.3. The van der Waals surface area contributed by atoms with Crippen LogP contribution in [0.2, 0.25) is 0 Å². The van der Waals surface area contributed by atoms with Gasteiger partial charge in [-0.25, -0.2) is 4.79 Å². The molecule has 0 heterocycles. The van der Waals surface area contributed by atoms with Gasteiger partial charge in [0.25, 0.3) is 6.29 Å². The number of nitrogens with zero attached hydrogens (tertiary/aromatic N) is 1. The molecule has 0 aliphatic rings. The van der Waals surface area contributed by atoms with Crippen LogP contribution in [0.4, 0.5) is 0 Å². The highest BCUT2D eigenvalue weighted by atomic mass is 16.7. The molecule has 0 saturated heterocycles. The number of hydrogen-bond acceptors (Lipinski definition) is 7. The Hall–Kier alpha value is -6.91. The first-order valence-electron chi connectivity index (χ1n) is 38.2. The van der Waals surface area contributed by atoms with Crippen molar-refractivity contribution in [3.8, 4) is 0 Å². The average Bonchev–Trinajstić information content (AvgIpc) is 1.14. The van der Waals surface area contributed by atoms with E-state index < -0.39 is 24.3 Å². The Bertz CT molecular complexity index is 2540. The standard InChI is InChI=1S/C90H137NO8/c1-6-8-10-12-14-16-18-20-22-24-26-28-30-32-34-36-38-40-42-43-44-45-47-49-51-53-55-57-59-61-63-65-67-69-71-73-75-77-79-81-88(93)99-86(85-98-90(89(94)95)96-83-82-91(3,4)5)84-97-87(92)80-78-76-74-72-70-68-66-64-62-60-58-56-54-52-50-48-46-41-39-37-35-33-31-29-27-25-23-21-19-17-15-13-11-9-7-2/h8-11,14-17,20-23,26-29,32-35,38-41,43-44,47-50,53-56,59,61,65,67,71,73,86,90H,6-7,12-13,18-19,24-25,30-31,36-37,42,45-46,51-52,57-58,60,62-64,66,68-70,72,74-85H2,1-5H3/p+1/b10-8-,11-9-,16-14-,17-15-,22-20-,23-21-,28-26-,29-27-,34-32-,35-33-,40-38-,41-39-,44-43-,49-47-,50-48-,55-53-,56-54-,61-59-,67-65-,73-71-. The fourth-order valence-electron chi connectivity index (χ4n) is 9.36. The van der Waals surface area contributed by atoms with E-state index in [9.17, 15) is 19.5 Å². The molecule has 0 amide bonds. The van der Waals surface area contributed by atoms with Crippen LogP contribution in [-0.4, -0.2) is 87.4 Å². The van der Waals surface area contributed by atoms with Gasteiger partial charge in [-0.05, 0) is 167 Å². The monoisotopic (exact) mass is 1360 g/mol. The van der Waals surface area contributed by atoms with E-state index in [1.807, 2.05) is 21.1 Å². The molecule has 1 N–H and O–H groups in total. The number of aliphatic carboxylic acids is 1. The van der Waals surface area contributed by atoms with Gasteiger partial charge in [0.1, 0.15) is 13.2 Å². The van der Waals surface area contributed by atoms with E-state index in [2.05, 4.69) is 257 Å². The minimum atomic E-state index is -1.54. The van der Waals surface area contributed by atoms with Gasteiger partial charge in [0.15, 0.2) is 6.10 Å². The fraction of sp³-hybridized carbons (Fsp3) is 0.522. The molecule has 0 aliphatic carbocycles. The highest BCUT2D eigenvalue weighted by Gasteiger charge is 2.25. The molecule has 2 atom stereocenters. The van der Waals surface area contributed by atoms with Gasteiger partial charge in [-0.1, -0.05) is 308 Å². The van der Waals surface area contributed by atoms with Crippen molar-refractivity contribution in [3.05, 3.63) is 243 Å². The normalized spacial score (nSPS) is 14.1. The Morgan fingerprint density at radius 3 is 0.828 bits per heavy atom. The number of ether oxygens (including phenoxy) is 4. The van der Waals surface area contributed by atoms with E-state index in [4.69, 9.17) is 18.9 Å². The number of carboxylic acids is 1. The maximum Gasteiger partial charge on any atom is 0.361 e. The molecule has 99 heavy (non-hydrogen) atoms.